The number of benzene rings is 1. The molecule has 0 aliphatic carbocycles. The highest BCUT2D eigenvalue weighted by molar-refractivity contribution is 5.73. The first-order valence-corrected chi connectivity index (χ1v) is 6.22. The van der Waals surface area contributed by atoms with E-state index in [1.165, 1.54) is 4.90 Å². The molecule has 1 amide bonds. The third-order valence-corrected chi connectivity index (χ3v) is 2.65. The molecule has 0 spiro atoms. The highest BCUT2D eigenvalue weighted by atomic mass is 16.6. The summed E-state index contributed by atoms with van der Waals surface area (Å²) < 4.78 is 10.5. The Hall–Kier alpha value is -2.56. The number of hydrogen-bond acceptors (Lipinski definition) is 4. The average molecular weight is 273 g/mol. The van der Waals surface area contributed by atoms with Gasteiger partial charge in [-0.2, -0.15) is 0 Å². The van der Waals surface area contributed by atoms with Crippen molar-refractivity contribution in [2.24, 2.45) is 0 Å². The second-order valence-electron chi connectivity index (χ2n) is 4.06. The van der Waals surface area contributed by atoms with Crippen LogP contribution in [0.3, 0.4) is 0 Å². The van der Waals surface area contributed by atoms with Gasteiger partial charge in [-0.3, -0.25) is 0 Å². The number of rotatable bonds is 5. The summed E-state index contributed by atoms with van der Waals surface area (Å²) in [7, 11) is 0. The monoisotopic (exact) mass is 273 g/mol. The average Bonchev–Trinajstić information content (AvgIpc) is 2.52. The molecule has 1 aromatic carbocycles. The third kappa shape index (κ3) is 3.71. The number of nitrogens with zero attached hydrogens (tertiary/aromatic N) is 1. The van der Waals surface area contributed by atoms with E-state index in [0.717, 1.165) is 5.56 Å². The summed E-state index contributed by atoms with van der Waals surface area (Å²) in [6.07, 6.45) is 5.21. The van der Waals surface area contributed by atoms with Gasteiger partial charge in [0.1, 0.15) is 19.5 Å². The summed E-state index contributed by atoms with van der Waals surface area (Å²) in [5.41, 5.74) is 0.880. The van der Waals surface area contributed by atoms with Gasteiger partial charge in [-0.25, -0.2) is 9.69 Å². The molecule has 1 aliphatic rings. The van der Waals surface area contributed by atoms with E-state index in [1.807, 2.05) is 30.3 Å². The Morgan fingerprint density at radius 1 is 1.35 bits per heavy atom. The molecule has 104 valence electrons. The molecule has 5 nitrogen and oxygen atoms in total. The summed E-state index contributed by atoms with van der Waals surface area (Å²) in [6, 6.07) is 9.33. The molecule has 0 aromatic heterocycles. The summed E-state index contributed by atoms with van der Waals surface area (Å²) in [4.78, 5) is 23.9. The Balaban J connectivity index is 1.98. The first-order chi connectivity index (χ1) is 9.81. The first-order valence-electron chi connectivity index (χ1n) is 6.22. The summed E-state index contributed by atoms with van der Waals surface area (Å²) in [5.74, 6) is 0.317. The quantitative estimate of drug-likeness (QED) is 0.772. The molecular formula is C15H15NO4. The Bertz CT molecular complexity index is 522. The van der Waals surface area contributed by atoms with Crippen molar-refractivity contribution >= 4 is 12.4 Å². The van der Waals surface area contributed by atoms with E-state index in [1.54, 1.807) is 18.2 Å². The van der Waals surface area contributed by atoms with Gasteiger partial charge in [-0.1, -0.05) is 36.4 Å². The van der Waals surface area contributed by atoms with Crippen LogP contribution >= 0.6 is 0 Å². The minimum atomic E-state index is -0.609. The van der Waals surface area contributed by atoms with E-state index in [4.69, 9.17) is 9.47 Å². The lowest BCUT2D eigenvalue weighted by Gasteiger charge is -2.23. The van der Waals surface area contributed by atoms with Crippen molar-refractivity contribution in [3.8, 4) is 0 Å². The Morgan fingerprint density at radius 3 is 2.80 bits per heavy atom. The van der Waals surface area contributed by atoms with Gasteiger partial charge in [0, 0.05) is 0 Å². The topological polar surface area (TPSA) is 55.8 Å². The van der Waals surface area contributed by atoms with Crippen LogP contribution in [-0.2, 0) is 20.9 Å². The molecule has 1 heterocycles. The number of allylic oxidation sites excluding steroid dienone is 2. The maximum atomic E-state index is 12.0. The van der Waals surface area contributed by atoms with Crippen LogP contribution in [0.1, 0.15) is 5.56 Å². The number of ether oxygens (including phenoxy) is 2. The zero-order valence-corrected chi connectivity index (χ0v) is 10.9. The van der Waals surface area contributed by atoms with Gasteiger partial charge in [-0.05, 0) is 17.7 Å². The number of aldehydes is 1. The van der Waals surface area contributed by atoms with Crippen LogP contribution in [0.2, 0.25) is 0 Å². The van der Waals surface area contributed by atoms with E-state index in [2.05, 4.69) is 0 Å². The number of amides is 1. The van der Waals surface area contributed by atoms with Crippen LogP contribution in [0, 0.1) is 0 Å². The third-order valence-electron chi connectivity index (χ3n) is 2.65. The largest absolute Gasteiger partial charge is 0.474 e. The van der Waals surface area contributed by atoms with Crippen LogP contribution in [0.15, 0.2) is 54.4 Å². The zero-order chi connectivity index (χ0) is 14.2. The lowest BCUT2D eigenvalue weighted by Crippen LogP contribution is -2.34. The van der Waals surface area contributed by atoms with Crippen molar-refractivity contribution in [1.29, 1.82) is 0 Å². The van der Waals surface area contributed by atoms with E-state index >= 15 is 0 Å². The minimum absolute atomic E-state index is 0.104. The van der Waals surface area contributed by atoms with Crippen LogP contribution in [0.4, 0.5) is 4.79 Å². The number of carbonyl (C=O) groups is 2. The molecule has 2 rings (SSSR count). The molecule has 0 radical (unpaired) electrons. The van der Waals surface area contributed by atoms with Crippen LogP contribution in [0.25, 0.3) is 0 Å². The van der Waals surface area contributed by atoms with Crippen molar-refractivity contribution < 1.29 is 19.1 Å². The molecule has 0 unspecified atom stereocenters. The molecule has 0 N–H and O–H groups in total. The molecule has 20 heavy (non-hydrogen) atoms. The van der Waals surface area contributed by atoms with Gasteiger partial charge in [0.25, 0.3) is 0 Å². The molecule has 1 aliphatic heterocycles. The van der Waals surface area contributed by atoms with E-state index < -0.39 is 6.09 Å². The molecular weight excluding hydrogens is 258 g/mol. The fourth-order valence-corrected chi connectivity index (χ4v) is 1.68. The smallest absolute Gasteiger partial charge is 0.417 e. The van der Waals surface area contributed by atoms with Gasteiger partial charge in [0.05, 0.1) is 6.54 Å². The highest BCUT2D eigenvalue weighted by Gasteiger charge is 2.21. The Morgan fingerprint density at radius 2 is 2.15 bits per heavy atom. The van der Waals surface area contributed by atoms with Crippen molar-refractivity contribution in [3.63, 3.8) is 0 Å². The van der Waals surface area contributed by atoms with E-state index in [9.17, 15) is 9.59 Å². The van der Waals surface area contributed by atoms with Gasteiger partial charge in [0.15, 0.2) is 5.88 Å². The normalized spacial score (nSPS) is 13.1. The Kier molecular flexibility index (Phi) is 4.94. The predicted octanol–water partition coefficient (Wildman–Crippen LogP) is 2.25. The molecule has 0 atom stereocenters. The molecule has 0 saturated carbocycles. The van der Waals surface area contributed by atoms with Crippen LogP contribution < -0.4 is 0 Å². The van der Waals surface area contributed by atoms with Crippen molar-refractivity contribution in [1.82, 2.24) is 4.90 Å². The Labute approximate surface area is 117 Å². The summed E-state index contributed by atoms with van der Waals surface area (Å²) in [5, 5.41) is 0. The zero-order valence-electron chi connectivity index (χ0n) is 10.9. The number of carbonyl (C=O) groups excluding carboxylic acids is 2. The van der Waals surface area contributed by atoms with E-state index in [0.29, 0.717) is 18.8 Å². The maximum Gasteiger partial charge on any atom is 0.417 e. The van der Waals surface area contributed by atoms with Gasteiger partial charge >= 0.3 is 6.09 Å². The van der Waals surface area contributed by atoms with Gasteiger partial charge in [0.2, 0.25) is 0 Å². The standard InChI is InChI=1S/C15H15NO4/c17-10-9-16(14-8-4-5-11-19-14)15(18)20-12-13-6-2-1-3-7-13/h1-8,10H,9,11-12H2. The van der Waals surface area contributed by atoms with Gasteiger partial charge in [-0.15, -0.1) is 0 Å². The molecule has 1 aromatic rings. The van der Waals surface area contributed by atoms with Crippen molar-refractivity contribution in [3.05, 3.63) is 60.0 Å². The molecule has 0 bridgehead atoms. The molecule has 0 saturated heterocycles. The maximum absolute atomic E-state index is 12.0. The summed E-state index contributed by atoms with van der Waals surface area (Å²) >= 11 is 0. The SMILES string of the molecule is O=CCN(C(=O)OCc1ccccc1)C1=CC=CCO1. The van der Waals surface area contributed by atoms with Gasteiger partial charge < -0.3 is 14.3 Å². The first kappa shape index (κ1) is 13.9. The lowest BCUT2D eigenvalue weighted by molar-refractivity contribution is -0.108. The fourth-order valence-electron chi connectivity index (χ4n) is 1.68. The predicted molar refractivity (Wildman–Crippen MR) is 72.6 cm³/mol. The minimum Gasteiger partial charge on any atom is -0.474 e. The molecule has 0 fully saturated rings. The highest BCUT2D eigenvalue weighted by Crippen LogP contribution is 2.12. The van der Waals surface area contributed by atoms with Crippen molar-refractivity contribution in [2.75, 3.05) is 13.2 Å². The summed E-state index contributed by atoms with van der Waals surface area (Å²) in [6.45, 7) is 0.415. The lowest BCUT2D eigenvalue weighted by atomic mass is 10.2. The van der Waals surface area contributed by atoms with Crippen LogP contribution in [-0.4, -0.2) is 30.4 Å². The fraction of sp³-hybridized carbons (Fsp3) is 0.200. The van der Waals surface area contributed by atoms with Crippen molar-refractivity contribution in [2.45, 2.75) is 6.61 Å². The second kappa shape index (κ2) is 7.13. The van der Waals surface area contributed by atoms with E-state index in [-0.39, 0.29) is 13.2 Å². The molecule has 5 heteroatoms. The number of hydrogen-bond donors (Lipinski definition) is 0. The second-order valence-corrected chi connectivity index (χ2v) is 4.06. The van der Waals surface area contributed by atoms with Crippen LogP contribution in [0.5, 0.6) is 0 Å².